The molecule has 0 radical (unpaired) electrons. The van der Waals surface area contributed by atoms with Crippen LogP contribution in [-0.4, -0.2) is 49.7 Å². The highest BCUT2D eigenvalue weighted by Crippen LogP contribution is 2.25. The highest BCUT2D eigenvalue weighted by Gasteiger charge is 2.32. The number of carbonyl (C=O) groups excluding carboxylic acids is 1. The number of rotatable bonds is 3. The molecule has 1 fully saturated rings. The maximum Gasteiger partial charge on any atom is 0.308 e. The van der Waals surface area contributed by atoms with Gasteiger partial charge in [0.05, 0.1) is 17.3 Å². The predicted molar refractivity (Wildman–Crippen MR) is 104 cm³/mol. The van der Waals surface area contributed by atoms with Crippen molar-refractivity contribution in [1.29, 1.82) is 0 Å². The van der Waals surface area contributed by atoms with Gasteiger partial charge in [0.25, 0.3) is 5.91 Å². The van der Waals surface area contributed by atoms with E-state index in [1.54, 1.807) is 15.6 Å². The molecule has 0 aliphatic carbocycles. The Kier molecular flexibility index (Phi) is 4.58. The number of aryl methyl sites for hydroxylation is 1. The summed E-state index contributed by atoms with van der Waals surface area (Å²) in [6.45, 7) is 4.64. The second-order valence-corrected chi connectivity index (χ2v) is 7.49. The van der Waals surface area contributed by atoms with E-state index in [1.807, 2.05) is 50.2 Å². The fourth-order valence-electron chi connectivity index (χ4n) is 3.87. The van der Waals surface area contributed by atoms with Crippen molar-refractivity contribution >= 4 is 22.9 Å². The van der Waals surface area contributed by atoms with Gasteiger partial charge >= 0.3 is 5.97 Å². The van der Waals surface area contributed by atoms with Gasteiger partial charge in [-0.05, 0) is 43.5 Å². The minimum atomic E-state index is -0.856. The number of carboxylic acid groups (broad SMARTS) is 1. The molecule has 2 aromatic heterocycles. The highest BCUT2D eigenvalue weighted by molar-refractivity contribution is 5.95. The molecule has 1 N–H and O–H groups in total. The number of hydrogen-bond acceptors (Lipinski definition) is 4. The van der Waals surface area contributed by atoms with E-state index in [9.17, 15) is 14.7 Å². The number of hydrogen-bond donors (Lipinski definition) is 1. The monoisotopic (exact) mass is 378 g/mol. The van der Waals surface area contributed by atoms with E-state index >= 15 is 0 Å². The molecule has 0 bridgehead atoms. The SMILES string of the molecule is Cc1nn(-c2ccccc2)c2nc(C(=O)N3CC(C)CC(C(=O)O)C3)ccc12. The van der Waals surface area contributed by atoms with Crippen molar-refractivity contribution in [2.75, 3.05) is 13.1 Å². The van der Waals surface area contributed by atoms with Crippen molar-refractivity contribution in [2.24, 2.45) is 11.8 Å². The molecule has 7 nitrogen and oxygen atoms in total. The van der Waals surface area contributed by atoms with Crippen molar-refractivity contribution < 1.29 is 14.7 Å². The Morgan fingerprint density at radius 1 is 1.11 bits per heavy atom. The minimum absolute atomic E-state index is 0.139. The summed E-state index contributed by atoms with van der Waals surface area (Å²) in [6.07, 6.45) is 0.589. The largest absolute Gasteiger partial charge is 0.481 e. The average Bonchev–Trinajstić information content (AvgIpc) is 3.03. The first kappa shape index (κ1) is 18.2. The van der Waals surface area contributed by atoms with Crippen LogP contribution in [0.15, 0.2) is 42.5 Å². The summed E-state index contributed by atoms with van der Waals surface area (Å²) in [4.78, 5) is 30.7. The van der Waals surface area contributed by atoms with Crippen LogP contribution in [0.2, 0.25) is 0 Å². The number of carboxylic acids is 1. The number of benzene rings is 1. The van der Waals surface area contributed by atoms with E-state index in [1.165, 1.54) is 0 Å². The molecular formula is C21H22N4O3. The van der Waals surface area contributed by atoms with E-state index in [2.05, 4.69) is 10.1 Å². The van der Waals surface area contributed by atoms with Crippen molar-refractivity contribution in [2.45, 2.75) is 20.3 Å². The number of carbonyl (C=O) groups is 2. The third-order valence-electron chi connectivity index (χ3n) is 5.23. The average molecular weight is 378 g/mol. The van der Waals surface area contributed by atoms with Crippen LogP contribution in [0.4, 0.5) is 0 Å². The van der Waals surface area contributed by atoms with Gasteiger partial charge in [0.2, 0.25) is 0 Å². The number of aromatic nitrogens is 3. The van der Waals surface area contributed by atoms with Crippen LogP contribution in [0.3, 0.4) is 0 Å². The Labute approximate surface area is 162 Å². The first-order chi connectivity index (χ1) is 13.4. The molecule has 2 atom stereocenters. The molecular weight excluding hydrogens is 356 g/mol. The topological polar surface area (TPSA) is 88.3 Å². The molecule has 1 amide bonds. The van der Waals surface area contributed by atoms with Gasteiger partial charge in [-0.15, -0.1) is 0 Å². The van der Waals surface area contributed by atoms with Gasteiger partial charge in [-0.3, -0.25) is 9.59 Å². The molecule has 1 aliphatic rings. The maximum absolute atomic E-state index is 13.1. The third-order valence-corrected chi connectivity index (χ3v) is 5.23. The number of amides is 1. The smallest absolute Gasteiger partial charge is 0.308 e. The van der Waals surface area contributed by atoms with Crippen molar-refractivity contribution in [1.82, 2.24) is 19.7 Å². The molecule has 0 spiro atoms. The summed E-state index contributed by atoms with van der Waals surface area (Å²) in [6, 6.07) is 13.2. The first-order valence-corrected chi connectivity index (χ1v) is 9.38. The van der Waals surface area contributed by atoms with Gasteiger partial charge in [0.15, 0.2) is 5.65 Å². The fraction of sp³-hybridized carbons (Fsp3) is 0.333. The summed E-state index contributed by atoms with van der Waals surface area (Å²) >= 11 is 0. The lowest BCUT2D eigenvalue weighted by Gasteiger charge is -2.34. The summed E-state index contributed by atoms with van der Waals surface area (Å²) in [7, 11) is 0. The van der Waals surface area contributed by atoms with Gasteiger partial charge in [-0.25, -0.2) is 9.67 Å². The number of para-hydroxylation sites is 1. The van der Waals surface area contributed by atoms with E-state index < -0.39 is 11.9 Å². The highest BCUT2D eigenvalue weighted by atomic mass is 16.4. The Hall–Kier alpha value is -3.22. The van der Waals surface area contributed by atoms with E-state index in [0.717, 1.165) is 16.8 Å². The number of aliphatic carboxylic acids is 1. The lowest BCUT2D eigenvalue weighted by molar-refractivity contribution is -0.143. The summed E-state index contributed by atoms with van der Waals surface area (Å²) < 4.78 is 1.74. The second-order valence-electron chi connectivity index (χ2n) is 7.49. The van der Waals surface area contributed by atoms with Crippen LogP contribution in [-0.2, 0) is 4.79 Å². The van der Waals surface area contributed by atoms with Crippen molar-refractivity contribution in [3.8, 4) is 5.69 Å². The van der Waals surface area contributed by atoms with Gasteiger partial charge in [0.1, 0.15) is 5.69 Å². The minimum Gasteiger partial charge on any atom is -0.481 e. The van der Waals surface area contributed by atoms with Crippen LogP contribution >= 0.6 is 0 Å². The van der Waals surface area contributed by atoms with Gasteiger partial charge in [0, 0.05) is 18.5 Å². The zero-order valence-electron chi connectivity index (χ0n) is 15.9. The molecule has 3 aromatic rings. The van der Waals surface area contributed by atoms with Crippen molar-refractivity contribution in [3.05, 3.63) is 53.9 Å². The normalized spacial score (nSPS) is 19.7. The Balaban J connectivity index is 1.71. The molecule has 7 heteroatoms. The summed E-state index contributed by atoms with van der Waals surface area (Å²) in [5.74, 6) is -1.49. The lowest BCUT2D eigenvalue weighted by atomic mass is 9.90. The van der Waals surface area contributed by atoms with Crippen LogP contribution in [0.1, 0.15) is 29.5 Å². The van der Waals surface area contributed by atoms with Crippen LogP contribution < -0.4 is 0 Å². The number of piperidine rings is 1. The maximum atomic E-state index is 13.1. The van der Waals surface area contributed by atoms with E-state index in [4.69, 9.17) is 0 Å². The zero-order valence-corrected chi connectivity index (χ0v) is 15.9. The van der Waals surface area contributed by atoms with Crippen LogP contribution in [0.5, 0.6) is 0 Å². The molecule has 0 saturated carbocycles. The molecule has 3 heterocycles. The molecule has 1 aromatic carbocycles. The third kappa shape index (κ3) is 3.24. The fourth-order valence-corrected chi connectivity index (χ4v) is 3.87. The number of pyridine rings is 1. The van der Waals surface area contributed by atoms with E-state index in [-0.39, 0.29) is 18.4 Å². The molecule has 1 saturated heterocycles. The first-order valence-electron chi connectivity index (χ1n) is 9.38. The number of fused-ring (bicyclic) bond motifs is 1. The van der Waals surface area contributed by atoms with Gasteiger partial charge < -0.3 is 10.0 Å². The van der Waals surface area contributed by atoms with Crippen LogP contribution in [0, 0.1) is 18.8 Å². The Morgan fingerprint density at radius 2 is 1.86 bits per heavy atom. The van der Waals surface area contributed by atoms with Gasteiger partial charge in [-0.2, -0.15) is 5.10 Å². The molecule has 2 unspecified atom stereocenters. The molecule has 4 rings (SSSR count). The Morgan fingerprint density at radius 3 is 2.57 bits per heavy atom. The van der Waals surface area contributed by atoms with Crippen molar-refractivity contribution in [3.63, 3.8) is 0 Å². The predicted octanol–water partition coefficient (Wildman–Crippen LogP) is 2.91. The zero-order chi connectivity index (χ0) is 19.8. The summed E-state index contributed by atoms with van der Waals surface area (Å²) in [5, 5.41) is 14.8. The second kappa shape index (κ2) is 7.07. The quantitative estimate of drug-likeness (QED) is 0.757. The molecule has 1 aliphatic heterocycles. The van der Waals surface area contributed by atoms with Crippen LogP contribution in [0.25, 0.3) is 16.7 Å². The lowest BCUT2D eigenvalue weighted by Crippen LogP contribution is -2.45. The number of likely N-dealkylation sites (tertiary alicyclic amines) is 1. The Bertz CT molecular complexity index is 1040. The summed E-state index contributed by atoms with van der Waals surface area (Å²) in [5.41, 5.74) is 2.63. The van der Waals surface area contributed by atoms with Gasteiger partial charge in [-0.1, -0.05) is 25.1 Å². The molecule has 144 valence electrons. The number of nitrogens with zero attached hydrogens (tertiary/aromatic N) is 4. The standard InChI is InChI=1S/C21H22N4O3/c1-13-10-15(21(27)28)12-24(11-13)20(26)18-9-8-17-14(2)23-25(19(17)22-18)16-6-4-3-5-7-16/h3-9,13,15H,10-12H2,1-2H3,(H,27,28). The molecule has 28 heavy (non-hydrogen) atoms. The van der Waals surface area contributed by atoms with E-state index in [0.29, 0.717) is 24.3 Å².